The van der Waals surface area contributed by atoms with Crippen molar-refractivity contribution in [1.82, 2.24) is 5.32 Å². The van der Waals surface area contributed by atoms with E-state index in [1.54, 1.807) is 0 Å². The smallest absolute Gasteiger partial charge is 0.0208 e. The van der Waals surface area contributed by atoms with Crippen LogP contribution in [-0.4, -0.2) is 6.04 Å². The van der Waals surface area contributed by atoms with Crippen LogP contribution >= 0.6 is 0 Å². The van der Waals surface area contributed by atoms with Crippen molar-refractivity contribution in [2.75, 3.05) is 0 Å². The fourth-order valence-corrected chi connectivity index (χ4v) is 2.29. The summed E-state index contributed by atoms with van der Waals surface area (Å²) in [7, 11) is 0. The molecule has 0 heterocycles. The number of hydrogen-bond donors (Lipinski definition) is 1. The normalized spacial score (nSPS) is 10.9. The molecule has 0 aromatic heterocycles. The lowest BCUT2D eigenvalue weighted by atomic mass is 10.0. The molecule has 1 N–H and O–H groups in total. The van der Waals surface area contributed by atoms with E-state index in [4.69, 9.17) is 0 Å². The maximum absolute atomic E-state index is 3.59. The third kappa shape index (κ3) is 3.93. The van der Waals surface area contributed by atoms with E-state index in [2.05, 4.69) is 73.8 Å². The summed E-state index contributed by atoms with van der Waals surface area (Å²) < 4.78 is 0. The predicted molar refractivity (Wildman–Crippen MR) is 83.1 cm³/mol. The van der Waals surface area contributed by atoms with E-state index in [1.165, 1.54) is 29.5 Å². The first-order valence-corrected chi connectivity index (χ1v) is 7.21. The second-order valence-electron chi connectivity index (χ2n) is 4.96. The van der Waals surface area contributed by atoms with Crippen molar-refractivity contribution < 1.29 is 0 Å². The molecule has 0 radical (unpaired) electrons. The molecule has 19 heavy (non-hydrogen) atoms. The third-order valence-electron chi connectivity index (χ3n) is 3.64. The summed E-state index contributed by atoms with van der Waals surface area (Å²) in [5.74, 6) is 0. The molecule has 0 atom stereocenters. The maximum atomic E-state index is 3.59. The van der Waals surface area contributed by atoms with Gasteiger partial charge in [0.05, 0.1) is 0 Å². The highest BCUT2D eigenvalue weighted by Gasteiger charge is 2.02. The van der Waals surface area contributed by atoms with Crippen molar-refractivity contribution in [3.63, 3.8) is 0 Å². The van der Waals surface area contributed by atoms with Crippen molar-refractivity contribution in [1.29, 1.82) is 0 Å². The molecule has 0 saturated heterocycles. The summed E-state index contributed by atoms with van der Waals surface area (Å²) >= 11 is 0. The van der Waals surface area contributed by atoms with Crippen LogP contribution in [0.1, 0.15) is 32.3 Å². The summed E-state index contributed by atoms with van der Waals surface area (Å²) in [4.78, 5) is 0. The number of rotatable bonds is 6. The van der Waals surface area contributed by atoms with Gasteiger partial charge in [0.2, 0.25) is 0 Å². The summed E-state index contributed by atoms with van der Waals surface area (Å²) in [5.41, 5.74) is 3.92. The van der Waals surface area contributed by atoms with Crippen LogP contribution in [0.3, 0.4) is 0 Å². The van der Waals surface area contributed by atoms with Gasteiger partial charge < -0.3 is 5.32 Å². The molecule has 1 heteroatoms. The van der Waals surface area contributed by atoms with E-state index < -0.39 is 0 Å². The molecule has 0 aliphatic heterocycles. The Hall–Kier alpha value is -1.60. The Morgan fingerprint density at radius 3 is 1.95 bits per heavy atom. The van der Waals surface area contributed by atoms with Crippen molar-refractivity contribution in [2.45, 2.75) is 39.3 Å². The first kappa shape index (κ1) is 13.8. The van der Waals surface area contributed by atoms with E-state index in [0.29, 0.717) is 6.04 Å². The molecule has 0 fully saturated rings. The lowest BCUT2D eigenvalue weighted by molar-refractivity contribution is 0.484. The molecule has 2 aromatic rings. The van der Waals surface area contributed by atoms with Crippen molar-refractivity contribution in [3.8, 4) is 11.1 Å². The minimum absolute atomic E-state index is 0.633. The van der Waals surface area contributed by atoms with Crippen molar-refractivity contribution in [2.24, 2.45) is 0 Å². The average molecular weight is 253 g/mol. The number of nitrogens with one attached hydrogen (secondary N) is 1. The summed E-state index contributed by atoms with van der Waals surface area (Å²) in [6, 6.07) is 20.0. The van der Waals surface area contributed by atoms with Crippen LogP contribution < -0.4 is 5.32 Å². The molecular weight excluding hydrogens is 230 g/mol. The number of benzene rings is 2. The van der Waals surface area contributed by atoms with Gasteiger partial charge in [-0.1, -0.05) is 68.4 Å². The van der Waals surface area contributed by atoms with Gasteiger partial charge in [-0.25, -0.2) is 0 Å². The molecule has 0 aliphatic carbocycles. The van der Waals surface area contributed by atoms with Gasteiger partial charge in [0.25, 0.3) is 0 Å². The van der Waals surface area contributed by atoms with Gasteiger partial charge in [-0.05, 0) is 29.5 Å². The Balaban J connectivity index is 1.99. The van der Waals surface area contributed by atoms with E-state index in [0.717, 1.165) is 6.54 Å². The fraction of sp³-hybridized carbons (Fsp3) is 0.333. The zero-order chi connectivity index (χ0) is 13.5. The Labute approximate surface area is 116 Å². The predicted octanol–water partition coefficient (Wildman–Crippen LogP) is 4.63. The van der Waals surface area contributed by atoms with Crippen LogP contribution in [-0.2, 0) is 6.54 Å². The Kier molecular flexibility index (Phi) is 5.17. The lowest BCUT2D eigenvalue weighted by Crippen LogP contribution is -2.26. The van der Waals surface area contributed by atoms with Gasteiger partial charge >= 0.3 is 0 Å². The van der Waals surface area contributed by atoms with Gasteiger partial charge in [-0.3, -0.25) is 0 Å². The van der Waals surface area contributed by atoms with Gasteiger partial charge in [0.1, 0.15) is 0 Å². The van der Waals surface area contributed by atoms with Gasteiger partial charge in [0, 0.05) is 12.6 Å². The van der Waals surface area contributed by atoms with Crippen LogP contribution in [0.15, 0.2) is 54.6 Å². The molecule has 0 unspecified atom stereocenters. The summed E-state index contributed by atoms with van der Waals surface area (Å²) in [6.45, 7) is 5.43. The SMILES string of the molecule is CCC(CC)NCc1ccc(-c2ccccc2)cc1. The first-order valence-electron chi connectivity index (χ1n) is 7.21. The van der Waals surface area contributed by atoms with E-state index in [1.807, 2.05) is 0 Å². The maximum Gasteiger partial charge on any atom is 0.0208 e. The molecule has 2 aromatic carbocycles. The van der Waals surface area contributed by atoms with Crippen LogP contribution in [0.2, 0.25) is 0 Å². The molecule has 0 saturated carbocycles. The fourth-order valence-electron chi connectivity index (χ4n) is 2.29. The van der Waals surface area contributed by atoms with Crippen LogP contribution in [0.25, 0.3) is 11.1 Å². The molecule has 2 rings (SSSR count). The highest BCUT2D eigenvalue weighted by atomic mass is 14.9. The van der Waals surface area contributed by atoms with Crippen LogP contribution in [0.5, 0.6) is 0 Å². The monoisotopic (exact) mass is 253 g/mol. The van der Waals surface area contributed by atoms with E-state index in [9.17, 15) is 0 Å². The Morgan fingerprint density at radius 2 is 1.37 bits per heavy atom. The molecule has 0 aliphatic rings. The van der Waals surface area contributed by atoms with Crippen molar-refractivity contribution in [3.05, 3.63) is 60.2 Å². The Bertz CT molecular complexity index is 469. The highest BCUT2D eigenvalue weighted by Crippen LogP contribution is 2.19. The van der Waals surface area contributed by atoms with Gasteiger partial charge in [-0.2, -0.15) is 0 Å². The van der Waals surface area contributed by atoms with Gasteiger partial charge in [0.15, 0.2) is 0 Å². The standard InChI is InChI=1S/C18H23N/c1-3-18(4-2)19-14-15-10-12-17(13-11-15)16-8-6-5-7-9-16/h5-13,18-19H,3-4,14H2,1-2H3. The zero-order valence-electron chi connectivity index (χ0n) is 11.9. The second-order valence-corrected chi connectivity index (χ2v) is 4.96. The zero-order valence-corrected chi connectivity index (χ0v) is 11.9. The molecule has 0 amide bonds. The lowest BCUT2D eigenvalue weighted by Gasteiger charge is -2.14. The minimum Gasteiger partial charge on any atom is -0.310 e. The topological polar surface area (TPSA) is 12.0 Å². The average Bonchev–Trinajstić information content (AvgIpc) is 2.50. The molecule has 0 spiro atoms. The van der Waals surface area contributed by atoms with Crippen molar-refractivity contribution >= 4 is 0 Å². The first-order chi connectivity index (χ1) is 9.33. The highest BCUT2D eigenvalue weighted by molar-refractivity contribution is 5.63. The van der Waals surface area contributed by atoms with E-state index >= 15 is 0 Å². The largest absolute Gasteiger partial charge is 0.310 e. The summed E-state index contributed by atoms with van der Waals surface area (Å²) in [6.07, 6.45) is 2.39. The second kappa shape index (κ2) is 7.10. The van der Waals surface area contributed by atoms with Crippen LogP contribution in [0, 0.1) is 0 Å². The van der Waals surface area contributed by atoms with Crippen LogP contribution in [0.4, 0.5) is 0 Å². The van der Waals surface area contributed by atoms with E-state index in [-0.39, 0.29) is 0 Å². The van der Waals surface area contributed by atoms with Gasteiger partial charge in [-0.15, -0.1) is 0 Å². The quantitative estimate of drug-likeness (QED) is 0.791. The molecule has 0 bridgehead atoms. The molecule has 1 nitrogen and oxygen atoms in total. The Morgan fingerprint density at radius 1 is 0.789 bits per heavy atom. The molecular formula is C18H23N. The summed E-state index contributed by atoms with van der Waals surface area (Å²) in [5, 5.41) is 3.59. The minimum atomic E-state index is 0.633. The third-order valence-corrected chi connectivity index (χ3v) is 3.64. The molecule has 100 valence electrons. The number of hydrogen-bond acceptors (Lipinski definition) is 1.